The van der Waals surface area contributed by atoms with E-state index in [1.165, 1.54) is 17.1 Å². The number of nitrogens with zero attached hydrogens (tertiary/aromatic N) is 4. The molecule has 0 bridgehead atoms. The maximum absolute atomic E-state index is 13.7. The number of hydrogen-bond acceptors (Lipinski definition) is 4. The van der Waals surface area contributed by atoms with Gasteiger partial charge in [-0.3, -0.25) is 4.79 Å². The lowest BCUT2D eigenvalue weighted by Crippen LogP contribution is -2.23. The minimum Gasteiger partial charge on any atom is -0.348 e. The molecule has 0 atom stereocenters. The summed E-state index contributed by atoms with van der Waals surface area (Å²) in [5.41, 5.74) is 2.54. The van der Waals surface area contributed by atoms with Crippen molar-refractivity contribution in [2.75, 3.05) is 0 Å². The molecular weight excluding hydrogens is 377 g/mol. The number of nitrogens with one attached hydrogen (secondary N) is 1. The number of amides is 1. The third-order valence-electron chi connectivity index (χ3n) is 3.50. The van der Waals surface area contributed by atoms with E-state index in [-0.39, 0.29) is 18.3 Å². The Bertz CT molecular complexity index is 882. The van der Waals surface area contributed by atoms with E-state index in [1.807, 2.05) is 6.92 Å². The fraction of sp³-hybridized carbons (Fsp3) is 0.125. The zero-order valence-electron chi connectivity index (χ0n) is 12.7. The van der Waals surface area contributed by atoms with Crippen LogP contribution in [0, 0.1) is 12.7 Å². The summed E-state index contributed by atoms with van der Waals surface area (Å²) in [7, 11) is 0. The molecule has 0 aliphatic carbocycles. The Hall–Kier alpha value is -2.61. The normalized spacial score (nSPS) is 10.6. The number of aromatic nitrogens is 4. The van der Waals surface area contributed by atoms with Crippen molar-refractivity contribution in [2.24, 2.45) is 0 Å². The van der Waals surface area contributed by atoms with E-state index >= 15 is 0 Å². The highest BCUT2D eigenvalue weighted by Gasteiger charge is 2.10. The number of tetrazole rings is 1. The molecule has 0 radical (unpaired) electrons. The molecule has 122 valence electrons. The first-order valence-corrected chi connectivity index (χ1v) is 7.90. The van der Waals surface area contributed by atoms with Gasteiger partial charge in [-0.2, -0.15) is 0 Å². The van der Waals surface area contributed by atoms with Gasteiger partial charge in [-0.1, -0.05) is 15.9 Å². The lowest BCUT2D eigenvalue weighted by Gasteiger charge is -2.09. The van der Waals surface area contributed by atoms with Crippen LogP contribution in [-0.4, -0.2) is 26.1 Å². The topological polar surface area (TPSA) is 72.7 Å². The number of hydrogen-bond donors (Lipinski definition) is 1. The van der Waals surface area contributed by atoms with Crippen molar-refractivity contribution < 1.29 is 9.18 Å². The lowest BCUT2D eigenvalue weighted by molar-refractivity contribution is 0.0950. The van der Waals surface area contributed by atoms with Gasteiger partial charge in [0.05, 0.1) is 5.69 Å². The van der Waals surface area contributed by atoms with Gasteiger partial charge in [-0.15, -0.1) is 5.10 Å². The number of rotatable bonds is 4. The van der Waals surface area contributed by atoms with Gasteiger partial charge in [0.15, 0.2) is 0 Å². The fourth-order valence-electron chi connectivity index (χ4n) is 2.28. The molecular formula is C16H13BrFN5O. The van der Waals surface area contributed by atoms with Gasteiger partial charge in [0.2, 0.25) is 0 Å². The highest BCUT2D eigenvalue weighted by Crippen LogP contribution is 2.17. The van der Waals surface area contributed by atoms with Crippen LogP contribution in [0.5, 0.6) is 0 Å². The van der Waals surface area contributed by atoms with E-state index in [2.05, 4.69) is 36.8 Å². The van der Waals surface area contributed by atoms with E-state index in [1.54, 1.807) is 30.3 Å². The van der Waals surface area contributed by atoms with Crippen LogP contribution in [0.4, 0.5) is 4.39 Å². The molecule has 2 aromatic carbocycles. The molecule has 0 unspecified atom stereocenters. The average Bonchev–Trinajstić information content (AvgIpc) is 3.09. The Morgan fingerprint density at radius 3 is 2.83 bits per heavy atom. The van der Waals surface area contributed by atoms with Crippen LogP contribution in [0.25, 0.3) is 5.69 Å². The van der Waals surface area contributed by atoms with E-state index < -0.39 is 0 Å². The van der Waals surface area contributed by atoms with Crippen LogP contribution in [0.1, 0.15) is 21.5 Å². The van der Waals surface area contributed by atoms with Crippen molar-refractivity contribution >= 4 is 21.8 Å². The third kappa shape index (κ3) is 3.48. The van der Waals surface area contributed by atoms with Crippen molar-refractivity contribution in [1.82, 2.24) is 25.5 Å². The molecule has 3 rings (SSSR count). The second kappa shape index (κ2) is 6.88. The molecule has 0 spiro atoms. The molecule has 0 fully saturated rings. The van der Waals surface area contributed by atoms with Gasteiger partial charge < -0.3 is 5.32 Å². The van der Waals surface area contributed by atoms with Gasteiger partial charge >= 0.3 is 0 Å². The molecule has 0 saturated carbocycles. The predicted molar refractivity (Wildman–Crippen MR) is 89.2 cm³/mol. The zero-order valence-corrected chi connectivity index (χ0v) is 14.3. The summed E-state index contributed by atoms with van der Waals surface area (Å²) >= 11 is 3.29. The highest BCUT2D eigenvalue weighted by atomic mass is 79.9. The van der Waals surface area contributed by atoms with Gasteiger partial charge in [-0.25, -0.2) is 9.07 Å². The van der Waals surface area contributed by atoms with Crippen LogP contribution in [-0.2, 0) is 6.54 Å². The molecule has 8 heteroatoms. The first-order valence-electron chi connectivity index (χ1n) is 7.11. The van der Waals surface area contributed by atoms with Gasteiger partial charge in [0.25, 0.3) is 5.91 Å². The number of halogens is 2. The van der Waals surface area contributed by atoms with Crippen LogP contribution in [0.15, 0.2) is 47.2 Å². The van der Waals surface area contributed by atoms with E-state index in [0.29, 0.717) is 11.1 Å². The van der Waals surface area contributed by atoms with E-state index in [9.17, 15) is 9.18 Å². The summed E-state index contributed by atoms with van der Waals surface area (Å²) in [5.74, 6) is -0.635. The molecule has 1 heterocycles. The Labute approximate surface area is 145 Å². The summed E-state index contributed by atoms with van der Waals surface area (Å²) < 4.78 is 16.0. The third-order valence-corrected chi connectivity index (χ3v) is 4.00. The van der Waals surface area contributed by atoms with E-state index in [4.69, 9.17) is 0 Å². The highest BCUT2D eigenvalue weighted by molar-refractivity contribution is 9.10. The second-order valence-corrected chi connectivity index (χ2v) is 6.09. The minimum atomic E-state index is -0.358. The van der Waals surface area contributed by atoms with Gasteiger partial charge in [-0.05, 0) is 59.3 Å². The molecule has 24 heavy (non-hydrogen) atoms. The maximum Gasteiger partial charge on any atom is 0.251 e. The summed E-state index contributed by atoms with van der Waals surface area (Å²) in [6.07, 6.45) is 1.48. The Kier molecular flexibility index (Phi) is 4.66. The van der Waals surface area contributed by atoms with Crippen LogP contribution < -0.4 is 5.32 Å². The first kappa shape index (κ1) is 16.3. The van der Waals surface area contributed by atoms with Crippen molar-refractivity contribution in [3.63, 3.8) is 0 Å². The Morgan fingerprint density at radius 2 is 2.12 bits per heavy atom. The summed E-state index contributed by atoms with van der Waals surface area (Å²) in [6, 6.07) is 9.79. The average molecular weight is 390 g/mol. The SMILES string of the molecule is Cc1cc(C(=O)NCc2cc(Br)ccc2F)ccc1-n1cnnn1. The van der Waals surface area contributed by atoms with Crippen molar-refractivity contribution in [2.45, 2.75) is 13.5 Å². The molecule has 0 aliphatic heterocycles. The second-order valence-electron chi connectivity index (χ2n) is 5.17. The monoisotopic (exact) mass is 389 g/mol. The molecule has 1 amide bonds. The first-order chi connectivity index (χ1) is 11.5. The number of carbonyl (C=O) groups excluding carboxylic acids is 1. The molecule has 1 aromatic heterocycles. The molecule has 6 nitrogen and oxygen atoms in total. The maximum atomic E-state index is 13.7. The number of aryl methyl sites for hydroxylation is 1. The van der Waals surface area contributed by atoms with Crippen LogP contribution >= 0.6 is 15.9 Å². The summed E-state index contributed by atoms with van der Waals surface area (Å²) in [6.45, 7) is 1.97. The Balaban J connectivity index is 1.73. The Morgan fingerprint density at radius 1 is 1.29 bits per heavy atom. The molecule has 0 aliphatic rings. The largest absolute Gasteiger partial charge is 0.348 e. The van der Waals surface area contributed by atoms with E-state index in [0.717, 1.165) is 15.7 Å². The van der Waals surface area contributed by atoms with Crippen LogP contribution in [0.3, 0.4) is 0 Å². The molecule has 1 N–H and O–H groups in total. The fourth-order valence-corrected chi connectivity index (χ4v) is 2.69. The van der Waals surface area contributed by atoms with Crippen molar-refractivity contribution in [3.8, 4) is 5.69 Å². The summed E-state index contributed by atoms with van der Waals surface area (Å²) in [5, 5.41) is 13.7. The zero-order chi connectivity index (χ0) is 17.1. The van der Waals surface area contributed by atoms with Crippen molar-refractivity contribution in [1.29, 1.82) is 0 Å². The quantitative estimate of drug-likeness (QED) is 0.744. The predicted octanol–water partition coefficient (Wildman–Crippen LogP) is 2.80. The van der Waals surface area contributed by atoms with Crippen LogP contribution in [0.2, 0.25) is 0 Å². The molecule has 3 aromatic rings. The molecule has 0 saturated heterocycles. The van der Waals surface area contributed by atoms with Crippen molar-refractivity contribution in [3.05, 3.63) is 69.7 Å². The number of benzene rings is 2. The minimum absolute atomic E-state index is 0.109. The van der Waals surface area contributed by atoms with Gasteiger partial charge in [0, 0.05) is 22.1 Å². The standard InChI is InChI=1S/C16H13BrFN5O/c1-10-6-11(2-5-15(10)23-9-20-21-22-23)16(24)19-8-12-7-13(17)3-4-14(12)18/h2-7,9H,8H2,1H3,(H,19,24). The number of carbonyl (C=O) groups is 1. The summed E-state index contributed by atoms with van der Waals surface area (Å²) in [4.78, 5) is 12.3. The lowest BCUT2D eigenvalue weighted by atomic mass is 10.1. The smallest absolute Gasteiger partial charge is 0.251 e. The van der Waals surface area contributed by atoms with Gasteiger partial charge in [0.1, 0.15) is 12.1 Å².